The Hall–Kier alpha value is -2.20. The number of methoxy groups -OCH3 is 2. The summed E-state index contributed by atoms with van der Waals surface area (Å²) in [4.78, 5) is 11.0. The Bertz CT molecular complexity index is 643. The maximum atomic E-state index is 11.0. The molecule has 104 valence electrons. The number of rotatable bonds is 4. The molecule has 5 heteroatoms. The van der Waals surface area contributed by atoms with Gasteiger partial charge in [-0.15, -0.1) is 0 Å². The molecule has 0 aliphatic carbocycles. The van der Waals surface area contributed by atoms with Gasteiger partial charge in [0.05, 0.1) is 19.8 Å². The van der Waals surface area contributed by atoms with Gasteiger partial charge in [0.1, 0.15) is 17.3 Å². The lowest BCUT2D eigenvalue weighted by Crippen LogP contribution is -1.92. The van der Waals surface area contributed by atoms with E-state index in [1.54, 1.807) is 37.4 Å². The number of furan rings is 1. The molecular weight excluding hydrogens is 280 g/mol. The number of benzene rings is 1. The van der Waals surface area contributed by atoms with Gasteiger partial charge in [0.15, 0.2) is 0 Å². The molecule has 1 aromatic heterocycles. The van der Waals surface area contributed by atoms with Crippen molar-refractivity contribution in [3.05, 3.63) is 47.2 Å². The molecule has 0 fully saturated rings. The fourth-order valence-corrected chi connectivity index (χ4v) is 1.85. The van der Waals surface area contributed by atoms with Crippen molar-refractivity contribution in [3.63, 3.8) is 0 Å². The molecule has 0 spiro atoms. The normalized spacial score (nSPS) is 10.8. The second kappa shape index (κ2) is 6.30. The predicted octanol–water partition coefficient (Wildman–Crippen LogP) is 3.79. The molecule has 4 nitrogen and oxygen atoms in total. The van der Waals surface area contributed by atoms with E-state index in [4.69, 9.17) is 20.8 Å². The van der Waals surface area contributed by atoms with E-state index >= 15 is 0 Å². The first-order valence-corrected chi connectivity index (χ1v) is 6.21. The Balaban J connectivity index is 2.31. The van der Waals surface area contributed by atoms with Crippen LogP contribution in [0, 0.1) is 0 Å². The average Bonchev–Trinajstić information content (AvgIpc) is 2.93. The van der Waals surface area contributed by atoms with Crippen molar-refractivity contribution >= 4 is 23.6 Å². The van der Waals surface area contributed by atoms with Gasteiger partial charge in [-0.05, 0) is 36.4 Å². The van der Waals surface area contributed by atoms with E-state index in [1.165, 1.54) is 19.3 Å². The second-order valence-corrected chi connectivity index (χ2v) is 4.34. The standard InChI is InChI=1S/C15H13ClO4/c1-18-13-6-3-10(16)9-12(13)14-7-4-11(20-14)5-8-15(17)19-2/h3-9H,1-2H3/b8-5+. The van der Waals surface area contributed by atoms with Crippen LogP contribution in [0.5, 0.6) is 5.75 Å². The van der Waals surface area contributed by atoms with Crippen molar-refractivity contribution in [2.75, 3.05) is 14.2 Å². The van der Waals surface area contributed by atoms with Crippen molar-refractivity contribution in [2.24, 2.45) is 0 Å². The first-order chi connectivity index (χ1) is 9.63. The number of halogens is 1. The Morgan fingerprint density at radius 3 is 2.75 bits per heavy atom. The highest BCUT2D eigenvalue weighted by molar-refractivity contribution is 6.30. The Morgan fingerprint density at radius 2 is 2.05 bits per heavy atom. The van der Waals surface area contributed by atoms with Crippen molar-refractivity contribution in [1.82, 2.24) is 0 Å². The van der Waals surface area contributed by atoms with Crippen molar-refractivity contribution in [1.29, 1.82) is 0 Å². The Labute approximate surface area is 121 Å². The summed E-state index contributed by atoms with van der Waals surface area (Å²) in [5.74, 6) is 1.36. The van der Waals surface area contributed by atoms with Gasteiger partial charge in [0, 0.05) is 11.1 Å². The molecule has 0 saturated heterocycles. The zero-order chi connectivity index (χ0) is 14.5. The van der Waals surface area contributed by atoms with E-state index in [0.29, 0.717) is 22.3 Å². The molecular formula is C15H13ClO4. The zero-order valence-electron chi connectivity index (χ0n) is 11.1. The first-order valence-electron chi connectivity index (χ1n) is 5.84. The second-order valence-electron chi connectivity index (χ2n) is 3.90. The zero-order valence-corrected chi connectivity index (χ0v) is 11.8. The summed E-state index contributed by atoms with van der Waals surface area (Å²) in [5.41, 5.74) is 0.748. The summed E-state index contributed by atoms with van der Waals surface area (Å²) in [6, 6.07) is 8.79. The number of esters is 1. The maximum Gasteiger partial charge on any atom is 0.330 e. The van der Waals surface area contributed by atoms with Crippen LogP contribution in [0.15, 0.2) is 40.8 Å². The molecule has 0 N–H and O–H groups in total. The van der Waals surface area contributed by atoms with Gasteiger partial charge in [-0.2, -0.15) is 0 Å². The van der Waals surface area contributed by atoms with E-state index in [0.717, 1.165) is 5.56 Å². The lowest BCUT2D eigenvalue weighted by atomic mass is 10.1. The van der Waals surface area contributed by atoms with Crippen LogP contribution in [0.3, 0.4) is 0 Å². The molecule has 20 heavy (non-hydrogen) atoms. The van der Waals surface area contributed by atoms with Gasteiger partial charge in [0.25, 0.3) is 0 Å². The first kappa shape index (κ1) is 14.2. The Morgan fingerprint density at radius 1 is 1.25 bits per heavy atom. The monoisotopic (exact) mass is 292 g/mol. The van der Waals surface area contributed by atoms with Gasteiger partial charge in [-0.1, -0.05) is 11.6 Å². The molecule has 1 heterocycles. The molecule has 0 saturated carbocycles. The summed E-state index contributed by atoms with van der Waals surface area (Å²) >= 11 is 5.98. The smallest absolute Gasteiger partial charge is 0.330 e. The summed E-state index contributed by atoms with van der Waals surface area (Å²) in [5, 5.41) is 0.587. The number of carbonyl (C=O) groups is 1. The SMILES string of the molecule is COC(=O)/C=C/c1ccc(-c2cc(Cl)ccc2OC)o1. The summed E-state index contributed by atoms with van der Waals surface area (Å²) in [6.07, 6.45) is 2.82. The largest absolute Gasteiger partial charge is 0.496 e. The number of hydrogen-bond acceptors (Lipinski definition) is 4. The van der Waals surface area contributed by atoms with Crippen LogP contribution in [0.4, 0.5) is 0 Å². The molecule has 0 radical (unpaired) electrons. The minimum absolute atomic E-state index is 0.441. The van der Waals surface area contributed by atoms with Crippen LogP contribution >= 0.6 is 11.6 Å². The van der Waals surface area contributed by atoms with Crippen LogP contribution < -0.4 is 4.74 Å². The molecule has 1 aromatic carbocycles. The molecule has 0 bridgehead atoms. The van der Waals surface area contributed by atoms with Gasteiger partial charge in [0.2, 0.25) is 0 Å². The van der Waals surface area contributed by atoms with Crippen LogP contribution in [-0.4, -0.2) is 20.2 Å². The highest BCUT2D eigenvalue weighted by Gasteiger charge is 2.10. The van der Waals surface area contributed by atoms with E-state index in [9.17, 15) is 4.79 Å². The molecule has 0 aliphatic heterocycles. The van der Waals surface area contributed by atoms with Crippen molar-refractivity contribution < 1.29 is 18.7 Å². The number of carbonyl (C=O) groups excluding carboxylic acids is 1. The topological polar surface area (TPSA) is 48.7 Å². The number of ether oxygens (including phenoxy) is 2. The predicted molar refractivity (Wildman–Crippen MR) is 76.8 cm³/mol. The van der Waals surface area contributed by atoms with Crippen LogP contribution in [-0.2, 0) is 9.53 Å². The average molecular weight is 293 g/mol. The highest BCUT2D eigenvalue weighted by atomic mass is 35.5. The minimum atomic E-state index is -0.441. The lowest BCUT2D eigenvalue weighted by molar-refractivity contribution is -0.134. The summed E-state index contributed by atoms with van der Waals surface area (Å²) < 4.78 is 15.4. The molecule has 2 aromatic rings. The van der Waals surface area contributed by atoms with Gasteiger partial charge >= 0.3 is 5.97 Å². The third-order valence-electron chi connectivity index (χ3n) is 2.64. The third kappa shape index (κ3) is 3.22. The van der Waals surface area contributed by atoms with E-state index in [-0.39, 0.29) is 0 Å². The highest BCUT2D eigenvalue weighted by Crippen LogP contribution is 2.33. The molecule has 2 rings (SSSR count). The minimum Gasteiger partial charge on any atom is -0.496 e. The van der Waals surface area contributed by atoms with E-state index in [1.807, 2.05) is 0 Å². The van der Waals surface area contributed by atoms with Gasteiger partial charge < -0.3 is 13.9 Å². The molecule has 0 atom stereocenters. The van der Waals surface area contributed by atoms with Crippen LogP contribution in [0.25, 0.3) is 17.4 Å². The van der Waals surface area contributed by atoms with Crippen LogP contribution in [0.2, 0.25) is 5.02 Å². The summed E-state index contributed by atoms with van der Waals surface area (Å²) in [7, 11) is 2.89. The van der Waals surface area contributed by atoms with E-state index < -0.39 is 5.97 Å². The quantitative estimate of drug-likeness (QED) is 0.635. The van der Waals surface area contributed by atoms with Gasteiger partial charge in [-0.3, -0.25) is 0 Å². The van der Waals surface area contributed by atoms with Crippen molar-refractivity contribution in [2.45, 2.75) is 0 Å². The fourth-order valence-electron chi connectivity index (χ4n) is 1.68. The van der Waals surface area contributed by atoms with E-state index in [2.05, 4.69) is 4.74 Å². The fraction of sp³-hybridized carbons (Fsp3) is 0.133. The molecule has 0 aliphatic rings. The molecule has 0 amide bonds. The van der Waals surface area contributed by atoms with Crippen molar-refractivity contribution in [3.8, 4) is 17.1 Å². The molecule has 0 unspecified atom stereocenters. The summed E-state index contributed by atoms with van der Waals surface area (Å²) in [6.45, 7) is 0. The Kier molecular flexibility index (Phi) is 4.48. The number of hydrogen-bond donors (Lipinski definition) is 0. The maximum absolute atomic E-state index is 11.0. The van der Waals surface area contributed by atoms with Gasteiger partial charge in [-0.25, -0.2) is 4.79 Å². The van der Waals surface area contributed by atoms with Crippen LogP contribution in [0.1, 0.15) is 5.76 Å². The lowest BCUT2D eigenvalue weighted by Gasteiger charge is -2.06. The third-order valence-corrected chi connectivity index (χ3v) is 2.87.